The summed E-state index contributed by atoms with van der Waals surface area (Å²) in [7, 11) is 0. The maximum Gasteiger partial charge on any atom is 0.328 e. The molecule has 0 radical (unpaired) electrons. The van der Waals surface area contributed by atoms with Gasteiger partial charge in [-0.2, -0.15) is 0 Å². The number of amides is 1. The van der Waals surface area contributed by atoms with Gasteiger partial charge in [-0.3, -0.25) is 9.59 Å². The Morgan fingerprint density at radius 3 is 2.12 bits per heavy atom. The van der Waals surface area contributed by atoms with E-state index >= 15 is 0 Å². The van der Waals surface area contributed by atoms with Crippen LogP contribution in [0.4, 0.5) is 0 Å². The summed E-state index contributed by atoms with van der Waals surface area (Å²) in [5, 5.41) is 28.3. The third-order valence-corrected chi connectivity index (χ3v) is 2.06. The molecule has 8 nitrogen and oxygen atoms in total. The standard InChI is InChI=1S/C9H16N2O6/c1-4(12)7(9(16)17)11-6(13)3-2-5(10)8(14)15/h4-5,7,12H,2-3,10H2,1H3,(H,11,13)(H,14,15)(H,16,17)/t4?,5-,7?/m0/s1. The molecule has 8 heteroatoms. The minimum Gasteiger partial charge on any atom is -0.480 e. The molecule has 3 atom stereocenters. The van der Waals surface area contributed by atoms with Gasteiger partial charge in [-0.15, -0.1) is 0 Å². The number of rotatable bonds is 7. The van der Waals surface area contributed by atoms with Crippen molar-refractivity contribution in [3.05, 3.63) is 0 Å². The van der Waals surface area contributed by atoms with Gasteiger partial charge in [-0.05, 0) is 13.3 Å². The Balaban J connectivity index is 4.16. The van der Waals surface area contributed by atoms with Gasteiger partial charge < -0.3 is 26.4 Å². The quantitative estimate of drug-likeness (QED) is 0.354. The normalized spacial score (nSPS) is 15.7. The number of aliphatic hydroxyl groups is 1. The van der Waals surface area contributed by atoms with E-state index in [0.717, 1.165) is 0 Å². The molecule has 0 aromatic heterocycles. The van der Waals surface area contributed by atoms with Crippen molar-refractivity contribution in [2.24, 2.45) is 5.73 Å². The molecule has 0 heterocycles. The first kappa shape index (κ1) is 15.3. The third kappa shape index (κ3) is 5.83. The molecule has 98 valence electrons. The summed E-state index contributed by atoms with van der Waals surface area (Å²) in [4.78, 5) is 32.2. The van der Waals surface area contributed by atoms with Crippen LogP contribution < -0.4 is 11.1 Å². The molecular weight excluding hydrogens is 232 g/mol. The summed E-state index contributed by atoms with van der Waals surface area (Å²) in [5.74, 6) is -3.27. The molecule has 0 saturated carbocycles. The van der Waals surface area contributed by atoms with E-state index in [-0.39, 0.29) is 12.8 Å². The monoisotopic (exact) mass is 248 g/mol. The highest BCUT2D eigenvalue weighted by Gasteiger charge is 2.25. The Kier molecular flexibility index (Phi) is 6.15. The van der Waals surface area contributed by atoms with E-state index in [9.17, 15) is 14.4 Å². The van der Waals surface area contributed by atoms with Crippen molar-refractivity contribution in [2.45, 2.75) is 38.0 Å². The van der Waals surface area contributed by atoms with Crippen LogP contribution in [0.1, 0.15) is 19.8 Å². The second-order valence-corrected chi connectivity index (χ2v) is 3.61. The Labute approximate surface area is 97.4 Å². The number of carboxylic acids is 2. The van der Waals surface area contributed by atoms with Crippen LogP contribution in [0.2, 0.25) is 0 Å². The first-order chi connectivity index (χ1) is 7.75. The van der Waals surface area contributed by atoms with Crippen LogP contribution >= 0.6 is 0 Å². The molecule has 0 bridgehead atoms. The summed E-state index contributed by atoms with van der Waals surface area (Å²) >= 11 is 0. The average Bonchev–Trinajstić information content (AvgIpc) is 2.21. The fraction of sp³-hybridized carbons (Fsp3) is 0.667. The highest BCUT2D eigenvalue weighted by Crippen LogP contribution is 1.98. The molecule has 2 unspecified atom stereocenters. The first-order valence-corrected chi connectivity index (χ1v) is 4.94. The van der Waals surface area contributed by atoms with Crippen LogP contribution in [-0.4, -0.2) is 51.4 Å². The predicted octanol–water partition coefficient (Wildman–Crippen LogP) is -1.87. The summed E-state index contributed by atoms with van der Waals surface area (Å²) < 4.78 is 0. The Morgan fingerprint density at radius 1 is 1.24 bits per heavy atom. The molecule has 0 aromatic rings. The number of aliphatic carboxylic acids is 2. The number of carbonyl (C=O) groups is 3. The molecule has 0 saturated heterocycles. The summed E-state index contributed by atoms with van der Waals surface area (Å²) in [6.45, 7) is 1.22. The highest BCUT2D eigenvalue weighted by molar-refractivity contribution is 5.84. The van der Waals surface area contributed by atoms with Crippen molar-refractivity contribution in [3.8, 4) is 0 Å². The number of nitrogens with two attached hydrogens (primary N) is 1. The maximum absolute atomic E-state index is 11.3. The van der Waals surface area contributed by atoms with Crippen molar-refractivity contribution in [1.29, 1.82) is 0 Å². The van der Waals surface area contributed by atoms with Gasteiger partial charge in [-0.1, -0.05) is 0 Å². The average molecular weight is 248 g/mol. The number of carboxylic acid groups (broad SMARTS) is 2. The molecule has 0 spiro atoms. The Hall–Kier alpha value is -1.67. The molecule has 0 fully saturated rings. The van der Waals surface area contributed by atoms with Crippen LogP contribution in [0.5, 0.6) is 0 Å². The number of hydrogen-bond acceptors (Lipinski definition) is 5. The minimum atomic E-state index is -1.41. The molecule has 6 N–H and O–H groups in total. The minimum absolute atomic E-state index is 0.104. The Morgan fingerprint density at radius 2 is 1.76 bits per heavy atom. The van der Waals surface area contributed by atoms with E-state index in [1.165, 1.54) is 6.92 Å². The SMILES string of the molecule is CC(O)C(NC(=O)CC[C@H](N)C(=O)O)C(=O)O. The van der Waals surface area contributed by atoms with Crippen molar-refractivity contribution >= 4 is 17.8 Å². The van der Waals surface area contributed by atoms with Gasteiger partial charge >= 0.3 is 11.9 Å². The lowest BCUT2D eigenvalue weighted by atomic mass is 10.1. The smallest absolute Gasteiger partial charge is 0.328 e. The fourth-order valence-corrected chi connectivity index (χ4v) is 1.04. The van der Waals surface area contributed by atoms with E-state index in [2.05, 4.69) is 5.32 Å². The molecule has 0 rings (SSSR count). The van der Waals surface area contributed by atoms with Crippen LogP contribution in [0.15, 0.2) is 0 Å². The molecule has 0 aliphatic carbocycles. The molecule has 0 aliphatic heterocycles. The van der Waals surface area contributed by atoms with Crippen molar-refractivity contribution < 1.29 is 29.7 Å². The zero-order valence-electron chi connectivity index (χ0n) is 9.29. The number of hydrogen-bond donors (Lipinski definition) is 5. The maximum atomic E-state index is 11.3. The predicted molar refractivity (Wildman–Crippen MR) is 56.1 cm³/mol. The zero-order valence-corrected chi connectivity index (χ0v) is 9.29. The molecule has 0 aromatic carbocycles. The lowest BCUT2D eigenvalue weighted by Crippen LogP contribution is -2.48. The van der Waals surface area contributed by atoms with E-state index < -0.39 is 36.0 Å². The summed E-state index contributed by atoms with van der Waals surface area (Å²) in [5.41, 5.74) is 5.17. The summed E-state index contributed by atoms with van der Waals surface area (Å²) in [6.07, 6.45) is -1.57. The number of carbonyl (C=O) groups excluding carboxylic acids is 1. The van der Waals surface area contributed by atoms with E-state index in [1.54, 1.807) is 0 Å². The second-order valence-electron chi connectivity index (χ2n) is 3.61. The molecule has 17 heavy (non-hydrogen) atoms. The second kappa shape index (κ2) is 6.81. The van der Waals surface area contributed by atoms with E-state index in [1.807, 2.05) is 0 Å². The number of aliphatic hydroxyl groups excluding tert-OH is 1. The molecule has 0 aliphatic rings. The molecule has 1 amide bonds. The largest absolute Gasteiger partial charge is 0.480 e. The van der Waals surface area contributed by atoms with Gasteiger partial charge in [0.25, 0.3) is 0 Å². The van der Waals surface area contributed by atoms with Gasteiger partial charge in [0.1, 0.15) is 6.04 Å². The van der Waals surface area contributed by atoms with Crippen LogP contribution in [0.25, 0.3) is 0 Å². The van der Waals surface area contributed by atoms with E-state index in [0.29, 0.717) is 0 Å². The Bertz CT molecular complexity index is 304. The van der Waals surface area contributed by atoms with Crippen LogP contribution in [0.3, 0.4) is 0 Å². The third-order valence-electron chi connectivity index (χ3n) is 2.06. The van der Waals surface area contributed by atoms with Crippen LogP contribution in [0, 0.1) is 0 Å². The van der Waals surface area contributed by atoms with Gasteiger partial charge in [0, 0.05) is 6.42 Å². The van der Waals surface area contributed by atoms with Crippen molar-refractivity contribution in [2.75, 3.05) is 0 Å². The fourth-order valence-electron chi connectivity index (χ4n) is 1.04. The van der Waals surface area contributed by atoms with Crippen molar-refractivity contribution in [1.82, 2.24) is 5.32 Å². The van der Waals surface area contributed by atoms with Crippen molar-refractivity contribution in [3.63, 3.8) is 0 Å². The topological polar surface area (TPSA) is 150 Å². The first-order valence-electron chi connectivity index (χ1n) is 4.94. The highest BCUT2D eigenvalue weighted by atomic mass is 16.4. The zero-order chi connectivity index (χ0) is 13.6. The van der Waals surface area contributed by atoms with Crippen LogP contribution in [-0.2, 0) is 14.4 Å². The van der Waals surface area contributed by atoms with E-state index in [4.69, 9.17) is 21.1 Å². The number of nitrogens with one attached hydrogen (secondary N) is 1. The summed E-state index contributed by atoms with van der Waals surface area (Å²) in [6, 6.07) is -2.58. The van der Waals surface area contributed by atoms with Gasteiger partial charge in [0.15, 0.2) is 6.04 Å². The lowest BCUT2D eigenvalue weighted by Gasteiger charge is -2.17. The molecular formula is C9H16N2O6. The van der Waals surface area contributed by atoms with Gasteiger partial charge in [0.2, 0.25) is 5.91 Å². The lowest BCUT2D eigenvalue weighted by molar-refractivity contribution is -0.145. The van der Waals surface area contributed by atoms with Gasteiger partial charge in [-0.25, -0.2) is 4.79 Å². The van der Waals surface area contributed by atoms with Gasteiger partial charge in [0.05, 0.1) is 6.10 Å².